The van der Waals surface area contributed by atoms with Gasteiger partial charge in [0.2, 0.25) is 0 Å². The molecule has 0 aliphatic rings. The van der Waals surface area contributed by atoms with Crippen LogP contribution in [0.25, 0.3) is 11.1 Å². The van der Waals surface area contributed by atoms with Crippen LogP contribution in [0.4, 0.5) is 0 Å². The summed E-state index contributed by atoms with van der Waals surface area (Å²) in [5.41, 5.74) is 6.99. The van der Waals surface area contributed by atoms with E-state index < -0.39 is 0 Å². The summed E-state index contributed by atoms with van der Waals surface area (Å²) < 4.78 is 0. The van der Waals surface area contributed by atoms with Crippen molar-refractivity contribution in [2.75, 3.05) is 0 Å². The van der Waals surface area contributed by atoms with Gasteiger partial charge in [-0.05, 0) is 42.0 Å². The van der Waals surface area contributed by atoms with Gasteiger partial charge in [-0.2, -0.15) is 0 Å². The molecule has 2 aromatic carbocycles. The second-order valence-electron chi connectivity index (χ2n) is 4.95. The first-order valence-electron chi connectivity index (χ1n) is 6.93. The molecule has 0 N–H and O–H groups in total. The van der Waals surface area contributed by atoms with Crippen LogP contribution in [-0.2, 0) is 12.8 Å². The zero-order valence-corrected chi connectivity index (χ0v) is 11.7. The molecule has 94 valence electrons. The van der Waals surface area contributed by atoms with E-state index in [1.54, 1.807) is 0 Å². The molecule has 0 spiro atoms. The summed E-state index contributed by atoms with van der Waals surface area (Å²) in [5.74, 6) is 0. The fraction of sp³-hybridized carbons (Fsp3) is 0.333. The van der Waals surface area contributed by atoms with Crippen LogP contribution in [0.5, 0.6) is 0 Å². The van der Waals surface area contributed by atoms with Crippen molar-refractivity contribution in [1.82, 2.24) is 0 Å². The van der Waals surface area contributed by atoms with Gasteiger partial charge in [0, 0.05) is 0 Å². The summed E-state index contributed by atoms with van der Waals surface area (Å²) in [6.07, 6.45) is 3.52. The van der Waals surface area contributed by atoms with Crippen LogP contribution < -0.4 is 0 Å². The number of rotatable bonds is 4. The molecule has 0 fully saturated rings. The monoisotopic (exact) mass is 238 g/mol. The van der Waals surface area contributed by atoms with Gasteiger partial charge in [0.15, 0.2) is 0 Å². The van der Waals surface area contributed by atoms with Crippen molar-refractivity contribution in [2.24, 2.45) is 0 Å². The molecule has 0 heteroatoms. The van der Waals surface area contributed by atoms with Gasteiger partial charge in [-0.1, -0.05) is 68.3 Å². The topological polar surface area (TPSA) is 0 Å². The van der Waals surface area contributed by atoms with E-state index in [9.17, 15) is 0 Å². The number of aryl methyl sites for hydroxylation is 3. The van der Waals surface area contributed by atoms with E-state index in [1.807, 2.05) is 0 Å². The molecule has 0 unspecified atom stereocenters. The molecule has 0 amide bonds. The molecule has 2 rings (SSSR count). The number of benzene rings is 2. The summed E-state index contributed by atoms with van der Waals surface area (Å²) in [7, 11) is 0. The van der Waals surface area contributed by atoms with Crippen LogP contribution >= 0.6 is 0 Å². The molecular weight excluding hydrogens is 216 g/mol. The SMILES string of the molecule is CCCc1cc(-c2ccc(C)cc2)ccc1CC. The van der Waals surface area contributed by atoms with E-state index in [1.165, 1.54) is 40.7 Å². The minimum Gasteiger partial charge on any atom is -0.0651 e. The van der Waals surface area contributed by atoms with Gasteiger partial charge < -0.3 is 0 Å². The maximum Gasteiger partial charge on any atom is -0.0181 e. The second-order valence-corrected chi connectivity index (χ2v) is 4.95. The zero-order valence-electron chi connectivity index (χ0n) is 11.7. The maximum absolute atomic E-state index is 2.37. The van der Waals surface area contributed by atoms with Crippen LogP contribution in [0, 0.1) is 6.92 Å². The summed E-state index contributed by atoms with van der Waals surface area (Å²) >= 11 is 0. The van der Waals surface area contributed by atoms with Gasteiger partial charge in [-0.15, -0.1) is 0 Å². The van der Waals surface area contributed by atoms with Crippen molar-refractivity contribution in [3.05, 3.63) is 59.2 Å². The van der Waals surface area contributed by atoms with E-state index >= 15 is 0 Å². The fourth-order valence-electron chi connectivity index (χ4n) is 2.40. The Morgan fingerprint density at radius 2 is 1.44 bits per heavy atom. The third-order valence-corrected chi connectivity index (χ3v) is 3.49. The molecule has 0 heterocycles. The van der Waals surface area contributed by atoms with Crippen molar-refractivity contribution < 1.29 is 0 Å². The van der Waals surface area contributed by atoms with Crippen molar-refractivity contribution in [2.45, 2.75) is 40.0 Å². The molecule has 0 aliphatic heterocycles. The van der Waals surface area contributed by atoms with E-state index in [2.05, 4.69) is 63.2 Å². The average molecular weight is 238 g/mol. The van der Waals surface area contributed by atoms with E-state index in [4.69, 9.17) is 0 Å². The van der Waals surface area contributed by atoms with Gasteiger partial charge in [0.05, 0.1) is 0 Å². The molecule has 0 atom stereocenters. The van der Waals surface area contributed by atoms with Crippen LogP contribution in [0.3, 0.4) is 0 Å². The lowest BCUT2D eigenvalue weighted by molar-refractivity contribution is 0.900. The first kappa shape index (κ1) is 12.9. The van der Waals surface area contributed by atoms with Crippen molar-refractivity contribution in [3.8, 4) is 11.1 Å². The van der Waals surface area contributed by atoms with E-state index in [0.717, 1.165) is 6.42 Å². The Bertz CT molecular complexity index is 506. The predicted molar refractivity (Wildman–Crippen MR) is 80.0 cm³/mol. The first-order valence-corrected chi connectivity index (χ1v) is 6.93. The van der Waals surface area contributed by atoms with Crippen LogP contribution in [0.15, 0.2) is 42.5 Å². The first-order chi connectivity index (χ1) is 8.74. The highest BCUT2D eigenvalue weighted by atomic mass is 14.1. The van der Waals surface area contributed by atoms with Crippen molar-refractivity contribution in [3.63, 3.8) is 0 Å². The molecule has 0 saturated carbocycles. The van der Waals surface area contributed by atoms with Gasteiger partial charge >= 0.3 is 0 Å². The van der Waals surface area contributed by atoms with Crippen LogP contribution in [0.2, 0.25) is 0 Å². The smallest absolute Gasteiger partial charge is 0.0181 e. The average Bonchev–Trinajstić information content (AvgIpc) is 2.40. The molecule has 0 bridgehead atoms. The van der Waals surface area contributed by atoms with Crippen molar-refractivity contribution in [1.29, 1.82) is 0 Å². The third-order valence-electron chi connectivity index (χ3n) is 3.49. The summed E-state index contributed by atoms with van der Waals surface area (Å²) in [6.45, 7) is 6.62. The van der Waals surface area contributed by atoms with Crippen molar-refractivity contribution >= 4 is 0 Å². The minimum absolute atomic E-state index is 1.13. The Labute approximate surface area is 111 Å². The number of hydrogen-bond acceptors (Lipinski definition) is 0. The highest BCUT2D eigenvalue weighted by Crippen LogP contribution is 2.24. The molecule has 0 aliphatic carbocycles. The Hall–Kier alpha value is -1.56. The highest BCUT2D eigenvalue weighted by molar-refractivity contribution is 5.65. The Kier molecular flexibility index (Phi) is 4.19. The Balaban J connectivity index is 2.39. The lowest BCUT2D eigenvalue weighted by atomic mass is 9.95. The van der Waals surface area contributed by atoms with E-state index in [0.29, 0.717) is 0 Å². The maximum atomic E-state index is 2.37. The largest absolute Gasteiger partial charge is 0.0651 e. The standard InChI is InChI=1S/C18H22/c1-4-6-17-13-18(12-11-15(17)5-2)16-9-7-14(3)8-10-16/h7-13H,4-6H2,1-3H3. The van der Waals surface area contributed by atoms with E-state index in [-0.39, 0.29) is 0 Å². The van der Waals surface area contributed by atoms with Crippen LogP contribution in [0.1, 0.15) is 37.0 Å². The Morgan fingerprint density at radius 1 is 0.778 bits per heavy atom. The summed E-state index contributed by atoms with van der Waals surface area (Å²) in [6, 6.07) is 15.7. The van der Waals surface area contributed by atoms with Gasteiger partial charge in [-0.25, -0.2) is 0 Å². The van der Waals surface area contributed by atoms with Crippen LogP contribution in [-0.4, -0.2) is 0 Å². The predicted octanol–water partition coefficient (Wildman–Crippen LogP) is 5.18. The van der Waals surface area contributed by atoms with Gasteiger partial charge in [0.1, 0.15) is 0 Å². The second kappa shape index (κ2) is 5.86. The molecule has 0 radical (unpaired) electrons. The molecule has 0 aromatic heterocycles. The number of hydrogen-bond donors (Lipinski definition) is 0. The molecule has 18 heavy (non-hydrogen) atoms. The third kappa shape index (κ3) is 2.81. The molecule has 2 aromatic rings. The quantitative estimate of drug-likeness (QED) is 0.688. The minimum atomic E-state index is 1.13. The normalized spacial score (nSPS) is 10.6. The lowest BCUT2D eigenvalue weighted by Gasteiger charge is -2.10. The summed E-state index contributed by atoms with van der Waals surface area (Å²) in [4.78, 5) is 0. The summed E-state index contributed by atoms with van der Waals surface area (Å²) in [5, 5.41) is 0. The molecule has 0 saturated heterocycles. The lowest BCUT2D eigenvalue weighted by Crippen LogP contribution is -1.93. The molecular formula is C18H22. The van der Waals surface area contributed by atoms with Gasteiger partial charge in [0.25, 0.3) is 0 Å². The molecule has 0 nitrogen and oxygen atoms in total. The Morgan fingerprint density at radius 3 is 2.06 bits per heavy atom. The van der Waals surface area contributed by atoms with Gasteiger partial charge in [-0.3, -0.25) is 0 Å². The fourth-order valence-corrected chi connectivity index (χ4v) is 2.40. The zero-order chi connectivity index (χ0) is 13.0. The highest BCUT2D eigenvalue weighted by Gasteiger charge is 2.03.